The first-order valence-corrected chi connectivity index (χ1v) is 6.90. The molecule has 0 aromatic carbocycles. The average Bonchev–Trinajstić information content (AvgIpc) is 3.11. The van der Waals surface area contributed by atoms with Gasteiger partial charge in [0.25, 0.3) is 0 Å². The lowest BCUT2D eigenvalue weighted by Crippen LogP contribution is -2.08. The van der Waals surface area contributed by atoms with Gasteiger partial charge in [-0.3, -0.25) is 9.36 Å². The first-order valence-electron chi connectivity index (χ1n) is 6.02. The molecule has 110 valence electrons. The van der Waals surface area contributed by atoms with Gasteiger partial charge >= 0.3 is 6.18 Å². The molecule has 0 saturated heterocycles. The van der Waals surface area contributed by atoms with E-state index in [-0.39, 0.29) is 6.54 Å². The van der Waals surface area contributed by atoms with Crippen LogP contribution >= 0.6 is 11.3 Å². The predicted molar refractivity (Wildman–Crippen MR) is 69.8 cm³/mol. The Labute approximate surface area is 121 Å². The minimum absolute atomic E-state index is 0.214. The van der Waals surface area contributed by atoms with E-state index in [4.69, 9.17) is 0 Å². The zero-order valence-corrected chi connectivity index (χ0v) is 11.5. The SMILES string of the molecule is FC(F)(F)c1ccn(Cc2csc(Cn3cccn3)n2)n1. The largest absolute Gasteiger partial charge is 0.435 e. The van der Waals surface area contributed by atoms with Crippen LogP contribution in [0.15, 0.2) is 36.1 Å². The van der Waals surface area contributed by atoms with Gasteiger partial charge in [-0.15, -0.1) is 11.3 Å². The van der Waals surface area contributed by atoms with Crippen LogP contribution in [0.1, 0.15) is 16.4 Å². The molecule has 3 heterocycles. The fraction of sp³-hybridized carbons (Fsp3) is 0.250. The van der Waals surface area contributed by atoms with Crippen molar-refractivity contribution in [3.8, 4) is 0 Å². The molecule has 0 unspecified atom stereocenters. The van der Waals surface area contributed by atoms with Gasteiger partial charge in [-0.25, -0.2) is 4.98 Å². The Balaban J connectivity index is 1.68. The maximum absolute atomic E-state index is 12.5. The van der Waals surface area contributed by atoms with Gasteiger partial charge in [0.2, 0.25) is 0 Å². The predicted octanol–water partition coefficient (Wildman–Crippen LogP) is 2.65. The monoisotopic (exact) mass is 313 g/mol. The van der Waals surface area contributed by atoms with E-state index in [0.29, 0.717) is 12.2 Å². The van der Waals surface area contributed by atoms with Crippen LogP contribution < -0.4 is 0 Å². The highest BCUT2D eigenvalue weighted by Crippen LogP contribution is 2.27. The molecule has 0 spiro atoms. The van der Waals surface area contributed by atoms with Crippen molar-refractivity contribution < 1.29 is 13.2 Å². The number of nitrogens with zero attached hydrogens (tertiary/aromatic N) is 5. The van der Waals surface area contributed by atoms with Crippen LogP contribution in [0, 0.1) is 0 Å². The van der Waals surface area contributed by atoms with Crippen molar-refractivity contribution in [3.05, 3.63) is 52.5 Å². The Morgan fingerprint density at radius 1 is 1.14 bits per heavy atom. The molecule has 0 bridgehead atoms. The number of alkyl halides is 3. The summed E-state index contributed by atoms with van der Waals surface area (Å²) in [6, 6.07) is 2.77. The van der Waals surface area contributed by atoms with E-state index in [2.05, 4.69) is 15.2 Å². The van der Waals surface area contributed by atoms with E-state index in [1.54, 1.807) is 10.9 Å². The lowest BCUT2D eigenvalue weighted by atomic mass is 10.4. The van der Waals surface area contributed by atoms with Crippen molar-refractivity contribution in [2.24, 2.45) is 0 Å². The van der Waals surface area contributed by atoms with Crippen molar-refractivity contribution in [3.63, 3.8) is 0 Å². The molecule has 0 saturated carbocycles. The molecule has 3 aromatic heterocycles. The van der Waals surface area contributed by atoms with E-state index in [1.165, 1.54) is 22.2 Å². The third kappa shape index (κ3) is 3.30. The lowest BCUT2D eigenvalue weighted by Gasteiger charge is -2.01. The first-order chi connectivity index (χ1) is 10.0. The maximum atomic E-state index is 12.5. The summed E-state index contributed by atoms with van der Waals surface area (Å²) in [5.41, 5.74) is -0.214. The quantitative estimate of drug-likeness (QED) is 0.744. The van der Waals surface area contributed by atoms with Crippen LogP contribution in [0.3, 0.4) is 0 Å². The number of hydrogen-bond acceptors (Lipinski definition) is 4. The summed E-state index contributed by atoms with van der Waals surface area (Å²) in [7, 11) is 0. The van der Waals surface area contributed by atoms with Gasteiger partial charge < -0.3 is 0 Å². The Morgan fingerprint density at radius 3 is 2.67 bits per heavy atom. The molecular formula is C12H10F3N5S. The number of thiazole rings is 1. The van der Waals surface area contributed by atoms with E-state index >= 15 is 0 Å². The lowest BCUT2D eigenvalue weighted by molar-refractivity contribution is -0.141. The molecule has 0 amide bonds. The van der Waals surface area contributed by atoms with Crippen molar-refractivity contribution in [2.45, 2.75) is 19.3 Å². The first kappa shape index (κ1) is 13.8. The van der Waals surface area contributed by atoms with Crippen LogP contribution in [-0.4, -0.2) is 24.5 Å². The second-order valence-corrected chi connectivity index (χ2v) is 5.28. The van der Waals surface area contributed by atoms with Gasteiger partial charge in [0.15, 0.2) is 5.69 Å². The fourth-order valence-electron chi connectivity index (χ4n) is 1.79. The standard InChI is InChI=1S/C12H10F3N5S/c13-12(14,15)10-2-5-20(18-10)6-9-8-21-11(17-9)7-19-4-1-3-16-19/h1-5,8H,6-7H2. The van der Waals surface area contributed by atoms with Crippen molar-refractivity contribution >= 4 is 11.3 Å². The highest BCUT2D eigenvalue weighted by molar-refractivity contribution is 7.09. The number of hydrogen-bond donors (Lipinski definition) is 0. The highest BCUT2D eigenvalue weighted by Gasteiger charge is 2.33. The maximum Gasteiger partial charge on any atom is 0.435 e. The van der Waals surface area contributed by atoms with Crippen molar-refractivity contribution in [1.82, 2.24) is 24.5 Å². The molecule has 21 heavy (non-hydrogen) atoms. The van der Waals surface area contributed by atoms with Gasteiger partial charge in [0.05, 0.1) is 18.8 Å². The normalized spacial score (nSPS) is 12.0. The van der Waals surface area contributed by atoms with E-state index in [9.17, 15) is 13.2 Å². The summed E-state index contributed by atoms with van der Waals surface area (Å²) in [6.07, 6.45) is 0.384. The van der Waals surface area contributed by atoms with Crippen LogP contribution in [0.25, 0.3) is 0 Å². The van der Waals surface area contributed by atoms with E-state index in [0.717, 1.165) is 11.1 Å². The summed E-state index contributed by atoms with van der Waals surface area (Å²) < 4.78 is 40.3. The van der Waals surface area contributed by atoms with Crippen LogP contribution in [0.2, 0.25) is 0 Å². The fourth-order valence-corrected chi connectivity index (χ4v) is 2.57. The Kier molecular flexibility index (Phi) is 3.50. The summed E-state index contributed by atoms with van der Waals surface area (Å²) >= 11 is 1.44. The number of halogens is 3. The van der Waals surface area contributed by atoms with Crippen LogP contribution in [0.5, 0.6) is 0 Å². The van der Waals surface area contributed by atoms with Gasteiger partial charge in [0, 0.05) is 24.0 Å². The molecule has 0 radical (unpaired) electrons. The second-order valence-electron chi connectivity index (χ2n) is 4.33. The Hall–Kier alpha value is -2.16. The molecule has 3 aromatic rings. The van der Waals surface area contributed by atoms with Gasteiger partial charge in [0.1, 0.15) is 5.01 Å². The molecular weight excluding hydrogens is 303 g/mol. The molecule has 0 fully saturated rings. The summed E-state index contributed by atoms with van der Waals surface area (Å²) in [5, 5.41) is 10.2. The zero-order chi connectivity index (χ0) is 14.9. The second kappa shape index (κ2) is 5.32. The van der Waals surface area contributed by atoms with Gasteiger partial charge in [-0.2, -0.15) is 23.4 Å². The molecule has 0 N–H and O–H groups in total. The molecule has 0 aliphatic heterocycles. The molecule has 0 aliphatic rings. The smallest absolute Gasteiger partial charge is 0.266 e. The van der Waals surface area contributed by atoms with E-state index < -0.39 is 11.9 Å². The third-order valence-corrected chi connectivity index (χ3v) is 3.59. The van der Waals surface area contributed by atoms with E-state index in [1.807, 2.05) is 17.6 Å². The molecule has 0 atom stereocenters. The Bertz CT molecular complexity index is 713. The average molecular weight is 313 g/mol. The number of rotatable bonds is 4. The topological polar surface area (TPSA) is 48.5 Å². The number of aromatic nitrogens is 5. The highest BCUT2D eigenvalue weighted by atomic mass is 32.1. The van der Waals surface area contributed by atoms with Crippen molar-refractivity contribution in [1.29, 1.82) is 0 Å². The van der Waals surface area contributed by atoms with Gasteiger partial charge in [-0.05, 0) is 12.1 Å². The third-order valence-electron chi connectivity index (χ3n) is 2.71. The van der Waals surface area contributed by atoms with Crippen LogP contribution in [-0.2, 0) is 19.3 Å². The molecule has 0 aliphatic carbocycles. The molecule has 9 heteroatoms. The molecule has 3 rings (SSSR count). The van der Waals surface area contributed by atoms with Crippen molar-refractivity contribution in [2.75, 3.05) is 0 Å². The zero-order valence-electron chi connectivity index (χ0n) is 10.7. The summed E-state index contributed by atoms with van der Waals surface area (Å²) in [4.78, 5) is 4.37. The minimum atomic E-state index is -4.42. The van der Waals surface area contributed by atoms with Gasteiger partial charge in [-0.1, -0.05) is 0 Å². The summed E-state index contributed by atoms with van der Waals surface area (Å²) in [5.74, 6) is 0. The summed E-state index contributed by atoms with van der Waals surface area (Å²) in [6.45, 7) is 0.760. The minimum Gasteiger partial charge on any atom is -0.266 e. The molecule has 5 nitrogen and oxygen atoms in total. The Morgan fingerprint density at radius 2 is 2.00 bits per heavy atom. The van der Waals surface area contributed by atoms with Crippen LogP contribution in [0.4, 0.5) is 13.2 Å².